The van der Waals surface area contributed by atoms with Gasteiger partial charge in [-0.25, -0.2) is 22.0 Å². The van der Waals surface area contributed by atoms with Crippen molar-refractivity contribution in [2.45, 2.75) is 63.3 Å². The normalized spacial score (nSPS) is 18.1. The Morgan fingerprint density at radius 3 is 2.35 bits per heavy atom. The molecule has 0 spiro atoms. The third-order valence-electron chi connectivity index (χ3n) is 8.32. The van der Waals surface area contributed by atoms with Crippen molar-refractivity contribution < 1.29 is 36.3 Å². The van der Waals surface area contributed by atoms with Crippen LogP contribution in [0.3, 0.4) is 0 Å². The van der Waals surface area contributed by atoms with Crippen LogP contribution in [-0.4, -0.2) is 82.0 Å². The van der Waals surface area contributed by atoms with Crippen LogP contribution < -0.4 is 16.0 Å². The number of benzene rings is 3. The molecule has 4 unspecified atom stereocenters. The molecule has 3 aromatic carbocycles. The lowest BCUT2D eigenvalue weighted by molar-refractivity contribution is -0.118. The van der Waals surface area contributed by atoms with Gasteiger partial charge in [-0.15, -0.1) is 0 Å². The molecule has 3 N–H and O–H groups in total. The Balaban J connectivity index is 1.60. The molecular weight excluding hydrogens is 678 g/mol. The van der Waals surface area contributed by atoms with Crippen molar-refractivity contribution in [3.63, 3.8) is 0 Å². The number of halogens is 3. The minimum absolute atomic E-state index is 0.0616. The smallest absolute Gasteiger partial charge is 0.407 e. The lowest BCUT2D eigenvalue weighted by Crippen LogP contribution is -2.60. The summed E-state index contributed by atoms with van der Waals surface area (Å²) in [7, 11) is -2.42. The number of sulfonamides is 1. The molecule has 1 aliphatic heterocycles. The SMILES string of the molecule is COC(=O)NC(C(=O)Nc1cccc(F)c1CCCC1CNCC(COC(C)C)N1S(C)(=O)=O)C(c1cccc(F)c1)c1cccc(Cl)c1. The highest BCUT2D eigenvalue weighted by atomic mass is 35.5. The minimum atomic E-state index is -3.57. The quantitative estimate of drug-likeness (QED) is 0.202. The van der Waals surface area contributed by atoms with Gasteiger partial charge < -0.3 is 25.4 Å². The van der Waals surface area contributed by atoms with Gasteiger partial charge in [-0.1, -0.05) is 41.9 Å². The van der Waals surface area contributed by atoms with Gasteiger partial charge in [-0.2, -0.15) is 4.31 Å². The van der Waals surface area contributed by atoms with Crippen molar-refractivity contribution in [2.24, 2.45) is 0 Å². The summed E-state index contributed by atoms with van der Waals surface area (Å²) in [5.41, 5.74) is 1.29. The van der Waals surface area contributed by atoms with E-state index >= 15 is 4.39 Å². The number of amides is 2. The van der Waals surface area contributed by atoms with Crippen LogP contribution in [0, 0.1) is 11.6 Å². The van der Waals surface area contributed by atoms with Gasteiger partial charge in [0.1, 0.15) is 17.7 Å². The van der Waals surface area contributed by atoms with Crippen LogP contribution >= 0.6 is 11.6 Å². The molecule has 0 radical (unpaired) electrons. The fourth-order valence-corrected chi connectivity index (χ4v) is 7.82. The summed E-state index contributed by atoms with van der Waals surface area (Å²) >= 11 is 6.29. The molecule has 4 rings (SSSR count). The third-order valence-corrected chi connectivity index (χ3v) is 9.91. The van der Waals surface area contributed by atoms with Crippen LogP contribution in [0.2, 0.25) is 5.02 Å². The summed E-state index contributed by atoms with van der Waals surface area (Å²) in [6, 6.07) is 14.5. The van der Waals surface area contributed by atoms with Crippen LogP contribution in [0.5, 0.6) is 0 Å². The Morgan fingerprint density at radius 2 is 1.69 bits per heavy atom. The number of piperazine rings is 1. The number of nitrogens with zero attached hydrogens (tertiary/aromatic N) is 1. The molecule has 3 aromatic rings. The number of carbonyl (C=O) groups excluding carboxylic acids is 2. The fraction of sp³-hybridized carbons (Fsp3) is 0.429. The highest BCUT2D eigenvalue weighted by Crippen LogP contribution is 2.32. The number of anilines is 1. The second-order valence-corrected chi connectivity index (χ2v) is 14.6. The van der Waals surface area contributed by atoms with Gasteiger partial charge in [0.05, 0.1) is 32.1 Å². The Morgan fingerprint density at radius 1 is 1.02 bits per heavy atom. The van der Waals surface area contributed by atoms with Crippen LogP contribution in [0.15, 0.2) is 66.7 Å². The molecule has 4 atom stereocenters. The molecule has 0 aliphatic carbocycles. The predicted molar refractivity (Wildman–Crippen MR) is 185 cm³/mol. The average Bonchev–Trinajstić information content (AvgIpc) is 3.04. The minimum Gasteiger partial charge on any atom is -0.453 e. The van der Waals surface area contributed by atoms with Gasteiger partial charge in [0, 0.05) is 41.3 Å². The van der Waals surface area contributed by atoms with Crippen LogP contribution in [0.1, 0.15) is 49.3 Å². The number of rotatable bonds is 14. The van der Waals surface area contributed by atoms with Gasteiger partial charge in [-0.05, 0) is 80.6 Å². The maximum Gasteiger partial charge on any atom is 0.407 e. The largest absolute Gasteiger partial charge is 0.453 e. The van der Waals surface area contributed by atoms with Crippen LogP contribution in [-0.2, 0) is 30.7 Å². The molecule has 49 heavy (non-hydrogen) atoms. The number of methoxy groups -OCH3 is 1. The molecule has 1 aliphatic rings. The first kappa shape index (κ1) is 38.2. The van der Waals surface area contributed by atoms with Crippen molar-refractivity contribution in [3.05, 3.63) is 100 Å². The molecule has 2 amide bonds. The molecule has 14 heteroatoms. The zero-order valence-corrected chi connectivity index (χ0v) is 29.5. The maximum absolute atomic E-state index is 15.4. The highest BCUT2D eigenvalue weighted by molar-refractivity contribution is 7.88. The van der Waals surface area contributed by atoms with E-state index in [0.717, 1.165) is 7.11 Å². The van der Waals surface area contributed by atoms with Gasteiger partial charge in [-0.3, -0.25) is 4.79 Å². The number of hydrogen-bond donors (Lipinski definition) is 3. The van der Waals surface area contributed by atoms with Gasteiger partial charge >= 0.3 is 6.09 Å². The molecule has 0 saturated carbocycles. The maximum atomic E-state index is 15.4. The predicted octanol–water partition coefficient (Wildman–Crippen LogP) is 5.46. The number of nitrogens with one attached hydrogen (secondary N) is 3. The highest BCUT2D eigenvalue weighted by Gasteiger charge is 2.37. The molecule has 1 saturated heterocycles. The fourth-order valence-electron chi connectivity index (χ4n) is 6.22. The zero-order valence-electron chi connectivity index (χ0n) is 27.9. The number of carbonyl (C=O) groups is 2. The van der Waals surface area contributed by atoms with Gasteiger partial charge in [0.25, 0.3) is 0 Å². The second kappa shape index (κ2) is 17.3. The van der Waals surface area contributed by atoms with Gasteiger partial charge in [0.15, 0.2) is 0 Å². The van der Waals surface area contributed by atoms with E-state index in [-0.39, 0.29) is 42.5 Å². The zero-order chi connectivity index (χ0) is 35.7. The van der Waals surface area contributed by atoms with E-state index in [1.807, 2.05) is 13.8 Å². The van der Waals surface area contributed by atoms with Gasteiger partial charge in [0.2, 0.25) is 15.9 Å². The molecule has 0 aromatic heterocycles. The summed E-state index contributed by atoms with van der Waals surface area (Å²) in [5, 5.41) is 9.00. The molecule has 0 bridgehead atoms. The first-order chi connectivity index (χ1) is 23.3. The van der Waals surface area contributed by atoms with Crippen molar-refractivity contribution in [3.8, 4) is 0 Å². The average molecular weight is 721 g/mol. The van der Waals surface area contributed by atoms with E-state index in [0.29, 0.717) is 42.1 Å². The van der Waals surface area contributed by atoms with Crippen molar-refractivity contribution in [1.82, 2.24) is 14.9 Å². The van der Waals surface area contributed by atoms with E-state index in [2.05, 4.69) is 16.0 Å². The van der Waals surface area contributed by atoms with Crippen LogP contribution in [0.4, 0.5) is 19.3 Å². The topological polar surface area (TPSA) is 126 Å². The molecule has 1 fully saturated rings. The van der Waals surface area contributed by atoms with Crippen molar-refractivity contribution >= 4 is 39.3 Å². The third kappa shape index (κ3) is 10.4. The molecule has 266 valence electrons. The number of alkyl carbamates (subject to hydrolysis) is 1. The van der Waals surface area contributed by atoms with E-state index in [1.54, 1.807) is 36.4 Å². The molecular formula is C35H43ClF2N4O6S. The first-order valence-corrected chi connectivity index (χ1v) is 18.3. The van der Waals surface area contributed by atoms with Crippen LogP contribution in [0.25, 0.3) is 0 Å². The van der Waals surface area contributed by atoms with E-state index < -0.39 is 45.6 Å². The number of hydrogen-bond acceptors (Lipinski definition) is 7. The summed E-state index contributed by atoms with van der Waals surface area (Å²) in [4.78, 5) is 26.6. The molecule has 1 heterocycles. The van der Waals surface area contributed by atoms with E-state index in [1.165, 1.54) is 40.9 Å². The monoisotopic (exact) mass is 720 g/mol. The lowest BCUT2D eigenvalue weighted by Gasteiger charge is -2.41. The summed E-state index contributed by atoms with van der Waals surface area (Å²) in [6.45, 7) is 4.89. The second-order valence-electron chi connectivity index (χ2n) is 12.3. The van der Waals surface area contributed by atoms with Crippen molar-refractivity contribution in [2.75, 3.05) is 38.4 Å². The Bertz CT molecular complexity index is 1670. The molecule has 10 nitrogen and oxygen atoms in total. The Kier molecular flexibility index (Phi) is 13.5. The lowest BCUT2D eigenvalue weighted by atomic mass is 9.84. The first-order valence-electron chi connectivity index (χ1n) is 16.0. The summed E-state index contributed by atoms with van der Waals surface area (Å²) < 4.78 is 67.6. The number of ether oxygens (including phenoxy) is 2. The van der Waals surface area contributed by atoms with E-state index in [9.17, 15) is 22.4 Å². The van der Waals surface area contributed by atoms with Crippen molar-refractivity contribution in [1.29, 1.82) is 0 Å². The summed E-state index contributed by atoms with van der Waals surface area (Å²) in [6.07, 6.45) is 1.21. The standard InChI is InChI=1S/C35H43ClF2N4O6S/c1-22(2)48-21-28-20-39-19-27(42(28)49(4,45)46)13-7-14-29-30(38)15-8-16-31(29)40-34(43)33(41-35(44)47-3)32(23-9-5-11-25(36)17-23)24-10-6-12-26(37)18-24/h5-6,8-12,15-18,22,27-28,32-33,39H,7,13-14,19-21H2,1-4H3,(H,40,43)(H,41,44). The Hall–Kier alpha value is -3.62. The Labute approximate surface area is 291 Å². The van der Waals surface area contributed by atoms with E-state index in [4.69, 9.17) is 21.1 Å². The summed E-state index contributed by atoms with van der Waals surface area (Å²) in [5.74, 6) is -2.73.